The van der Waals surface area contributed by atoms with Crippen LogP contribution in [-0.2, 0) is 0 Å². The van der Waals surface area contributed by atoms with Crippen LogP contribution in [-0.4, -0.2) is 18.0 Å². The van der Waals surface area contributed by atoms with Crippen molar-refractivity contribution in [2.45, 2.75) is 82.7 Å². The van der Waals surface area contributed by atoms with Crippen LogP contribution in [0.3, 0.4) is 0 Å². The van der Waals surface area contributed by atoms with E-state index in [9.17, 15) is 8.78 Å². The third kappa shape index (κ3) is 4.14. The van der Waals surface area contributed by atoms with Gasteiger partial charge in [-0.1, -0.05) is 6.92 Å². The molecule has 0 saturated heterocycles. The molecule has 4 heteroatoms. The van der Waals surface area contributed by atoms with Crippen LogP contribution < -0.4 is 5.32 Å². The highest BCUT2D eigenvalue weighted by Crippen LogP contribution is 2.39. The van der Waals surface area contributed by atoms with Gasteiger partial charge in [0.15, 0.2) is 0 Å². The second kappa shape index (κ2) is 5.75. The summed E-state index contributed by atoms with van der Waals surface area (Å²) in [6.45, 7) is 2.19. The number of nitrogens with zero attached hydrogens (tertiary/aromatic N) is 1. The number of hydrogen-bond acceptors (Lipinski definition) is 2. The fourth-order valence-corrected chi connectivity index (χ4v) is 3.39. The van der Waals surface area contributed by atoms with E-state index in [0.29, 0.717) is 25.3 Å². The van der Waals surface area contributed by atoms with Gasteiger partial charge in [-0.2, -0.15) is 5.26 Å². The Labute approximate surface area is 114 Å². The van der Waals surface area contributed by atoms with Crippen LogP contribution in [0.5, 0.6) is 0 Å². The number of nitrogens with one attached hydrogen (secondary N) is 1. The second-order valence-corrected chi connectivity index (χ2v) is 6.72. The largest absolute Gasteiger partial charge is 0.311 e. The molecule has 2 aliphatic rings. The first-order chi connectivity index (χ1) is 8.92. The lowest BCUT2D eigenvalue weighted by Crippen LogP contribution is -2.45. The lowest BCUT2D eigenvalue weighted by Gasteiger charge is -2.39. The van der Waals surface area contributed by atoms with Crippen LogP contribution in [0.25, 0.3) is 0 Å². The van der Waals surface area contributed by atoms with Crippen molar-refractivity contribution in [1.29, 1.82) is 5.26 Å². The summed E-state index contributed by atoms with van der Waals surface area (Å²) >= 11 is 0. The molecule has 0 atom stereocenters. The Morgan fingerprint density at radius 2 is 1.53 bits per heavy atom. The fourth-order valence-electron chi connectivity index (χ4n) is 3.39. The molecule has 0 unspecified atom stereocenters. The normalized spacial score (nSPS) is 35.8. The van der Waals surface area contributed by atoms with E-state index in [1.54, 1.807) is 0 Å². The monoisotopic (exact) mass is 270 g/mol. The van der Waals surface area contributed by atoms with Gasteiger partial charge < -0.3 is 5.32 Å². The van der Waals surface area contributed by atoms with Gasteiger partial charge in [0.25, 0.3) is 0 Å². The molecule has 19 heavy (non-hydrogen) atoms. The zero-order valence-electron chi connectivity index (χ0n) is 11.7. The predicted molar refractivity (Wildman–Crippen MR) is 70.9 cm³/mol. The Morgan fingerprint density at radius 3 is 2.00 bits per heavy atom. The maximum absolute atomic E-state index is 13.1. The Hall–Kier alpha value is -0.690. The smallest absolute Gasteiger partial charge is 0.248 e. The molecule has 2 rings (SSSR count). The summed E-state index contributed by atoms with van der Waals surface area (Å²) in [6, 6.07) is 3.01. The molecule has 0 aliphatic heterocycles. The molecule has 2 aliphatic carbocycles. The van der Waals surface area contributed by atoms with E-state index in [-0.39, 0.29) is 24.3 Å². The molecule has 2 saturated carbocycles. The minimum absolute atomic E-state index is 0.0313. The van der Waals surface area contributed by atoms with Crippen molar-refractivity contribution in [3.63, 3.8) is 0 Å². The van der Waals surface area contributed by atoms with Crippen molar-refractivity contribution in [3.05, 3.63) is 0 Å². The predicted octanol–water partition coefficient (Wildman–Crippen LogP) is 4.02. The molecule has 1 N–H and O–H groups in total. The highest BCUT2D eigenvalue weighted by molar-refractivity contribution is 4.92. The maximum atomic E-state index is 13.1. The summed E-state index contributed by atoms with van der Waals surface area (Å²) in [6.07, 6.45) is 6.18. The minimum atomic E-state index is -2.43. The van der Waals surface area contributed by atoms with Crippen LogP contribution in [0.15, 0.2) is 0 Å². The van der Waals surface area contributed by atoms with E-state index < -0.39 is 5.92 Å². The van der Waals surface area contributed by atoms with Gasteiger partial charge in [0.1, 0.15) is 0 Å². The van der Waals surface area contributed by atoms with Gasteiger partial charge in [0, 0.05) is 31.3 Å². The fraction of sp³-hybridized carbons (Fsp3) is 0.933. The Balaban J connectivity index is 1.73. The molecular weight excluding hydrogens is 246 g/mol. The van der Waals surface area contributed by atoms with E-state index in [0.717, 1.165) is 25.7 Å². The molecule has 108 valence electrons. The number of alkyl halides is 2. The summed E-state index contributed by atoms with van der Waals surface area (Å²) in [5, 5.41) is 12.4. The molecule has 0 amide bonds. The minimum Gasteiger partial charge on any atom is -0.311 e. The van der Waals surface area contributed by atoms with Crippen LogP contribution >= 0.6 is 0 Å². The highest BCUT2D eigenvalue weighted by atomic mass is 19.3. The van der Waals surface area contributed by atoms with Gasteiger partial charge in [-0.05, 0) is 43.9 Å². The Bertz CT molecular complexity index is 331. The van der Waals surface area contributed by atoms with Gasteiger partial charge in [-0.25, -0.2) is 8.78 Å². The number of nitriles is 1. The van der Waals surface area contributed by atoms with Crippen LogP contribution in [0, 0.1) is 16.7 Å². The summed E-state index contributed by atoms with van der Waals surface area (Å²) < 4.78 is 26.2. The second-order valence-electron chi connectivity index (χ2n) is 6.72. The van der Waals surface area contributed by atoms with E-state index in [1.807, 2.05) is 0 Å². The molecule has 0 aromatic heterocycles. The van der Waals surface area contributed by atoms with Gasteiger partial charge in [0.05, 0.1) is 6.07 Å². The first-order valence-corrected chi connectivity index (χ1v) is 7.43. The average Bonchev–Trinajstić information content (AvgIpc) is 2.35. The summed E-state index contributed by atoms with van der Waals surface area (Å²) in [4.78, 5) is 0. The van der Waals surface area contributed by atoms with Crippen molar-refractivity contribution >= 4 is 0 Å². The third-order valence-corrected chi connectivity index (χ3v) is 4.89. The molecule has 0 radical (unpaired) electrons. The average molecular weight is 270 g/mol. The van der Waals surface area contributed by atoms with E-state index in [1.165, 1.54) is 0 Å². The molecule has 0 spiro atoms. The number of halogens is 2. The summed E-state index contributed by atoms with van der Waals surface area (Å²) in [5.41, 5.74) is 0.173. The Morgan fingerprint density at radius 1 is 1.05 bits per heavy atom. The molecule has 2 fully saturated rings. The zero-order chi connectivity index (χ0) is 13.9. The van der Waals surface area contributed by atoms with Crippen LogP contribution in [0.1, 0.15) is 64.7 Å². The first kappa shape index (κ1) is 14.7. The summed E-state index contributed by atoms with van der Waals surface area (Å²) in [5.74, 6) is -2.43. The van der Waals surface area contributed by atoms with E-state index in [4.69, 9.17) is 5.26 Å². The topological polar surface area (TPSA) is 35.8 Å². The van der Waals surface area contributed by atoms with Gasteiger partial charge in [-0.15, -0.1) is 0 Å². The van der Waals surface area contributed by atoms with Gasteiger partial charge in [-0.3, -0.25) is 0 Å². The molecule has 0 aromatic carbocycles. The van der Waals surface area contributed by atoms with E-state index >= 15 is 0 Å². The van der Waals surface area contributed by atoms with Crippen molar-refractivity contribution in [3.8, 4) is 6.07 Å². The van der Waals surface area contributed by atoms with Crippen molar-refractivity contribution in [2.75, 3.05) is 0 Å². The zero-order valence-corrected chi connectivity index (χ0v) is 11.7. The Kier molecular flexibility index (Phi) is 4.45. The summed E-state index contributed by atoms with van der Waals surface area (Å²) in [7, 11) is 0. The van der Waals surface area contributed by atoms with Gasteiger partial charge in [0.2, 0.25) is 5.92 Å². The quantitative estimate of drug-likeness (QED) is 0.841. The lowest BCUT2D eigenvalue weighted by atomic mass is 9.72. The van der Waals surface area contributed by atoms with Crippen LogP contribution in [0.4, 0.5) is 8.78 Å². The molecule has 0 heterocycles. The lowest BCUT2D eigenvalue weighted by molar-refractivity contribution is -0.0418. The number of rotatable bonds is 3. The van der Waals surface area contributed by atoms with Gasteiger partial charge >= 0.3 is 0 Å². The third-order valence-electron chi connectivity index (χ3n) is 4.89. The molecule has 0 bridgehead atoms. The van der Waals surface area contributed by atoms with Crippen molar-refractivity contribution in [1.82, 2.24) is 5.32 Å². The van der Waals surface area contributed by atoms with Crippen molar-refractivity contribution < 1.29 is 8.78 Å². The highest BCUT2D eigenvalue weighted by Gasteiger charge is 2.36. The molecular formula is C15H24F2N2. The maximum Gasteiger partial charge on any atom is 0.248 e. The first-order valence-electron chi connectivity index (χ1n) is 7.43. The standard InChI is InChI=1S/C15H24F2N2/c1-14(10-11-18)6-2-12(3-7-14)19-13-4-8-15(16,17)9-5-13/h12-13,19H,2-10H2,1H3. The molecule has 0 aromatic rings. The molecule has 2 nitrogen and oxygen atoms in total. The van der Waals surface area contributed by atoms with Crippen molar-refractivity contribution in [2.24, 2.45) is 5.41 Å². The van der Waals surface area contributed by atoms with E-state index in [2.05, 4.69) is 18.3 Å². The van der Waals surface area contributed by atoms with Crippen LogP contribution in [0.2, 0.25) is 0 Å². The SMILES string of the molecule is CC1(CC#N)CCC(NC2CCC(F)(F)CC2)CC1. The number of hydrogen-bond donors (Lipinski definition) is 1.